The maximum Gasteiger partial charge on any atom is 0.222 e. The highest BCUT2D eigenvalue weighted by atomic mass is 16.2. The van der Waals surface area contributed by atoms with Crippen molar-refractivity contribution >= 4 is 11.7 Å². The lowest BCUT2D eigenvalue weighted by Gasteiger charge is -2.32. The predicted molar refractivity (Wildman–Crippen MR) is 105 cm³/mol. The number of carbonyl (C=O) groups excluding carboxylic acids is 2. The van der Waals surface area contributed by atoms with Crippen molar-refractivity contribution in [2.24, 2.45) is 5.92 Å². The van der Waals surface area contributed by atoms with Crippen LogP contribution in [0.2, 0.25) is 0 Å². The SMILES string of the molecule is C=CCCC(=O)N1CCC[C@@H](C(=O)c2ccc(-c3ccccc3)cc2)C1. The zero-order valence-corrected chi connectivity index (χ0v) is 15.1. The largest absolute Gasteiger partial charge is 0.342 e. The van der Waals surface area contributed by atoms with Crippen LogP contribution in [-0.4, -0.2) is 29.7 Å². The summed E-state index contributed by atoms with van der Waals surface area (Å²) in [6.45, 7) is 4.96. The number of ketones is 1. The minimum atomic E-state index is -0.0981. The number of likely N-dealkylation sites (tertiary alicyclic amines) is 1. The molecule has 0 aromatic heterocycles. The Balaban J connectivity index is 1.66. The van der Waals surface area contributed by atoms with Gasteiger partial charge in [0.15, 0.2) is 5.78 Å². The molecular weight excluding hydrogens is 322 g/mol. The summed E-state index contributed by atoms with van der Waals surface area (Å²) in [6.07, 6.45) is 4.67. The van der Waals surface area contributed by atoms with E-state index in [1.807, 2.05) is 47.4 Å². The lowest BCUT2D eigenvalue weighted by Crippen LogP contribution is -2.42. The lowest BCUT2D eigenvalue weighted by molar-refractivity contribution is -0.132. The van der Waals surface area contributed by atoms with Gasteiger partial charge in [-0.25, -0.2) is 0 Å². The summed E-state index contributed by atoms with van der Waals surface area (Å²) in [5.41, 5.74) is 2.98. The van der Waals surface area contributed by atoms with E-state index < -0.39 is 0 Å². The van der Waals surface area contributed by atoms with Crippen molar-refractivity contribution in [2.45, 2.75) is 25.7 Å². The Hall–Kier alpha value is -2.68. The number of carbonyl (C=O) groups is 2. The summed E-state index contributed by atoms with van der Waals surface area (Å²) in [5, 5.41) is 0. The summed E-state index contributed by atoms with van der Waals surface area (Å²) in [4.78, 5) is 26.9. The van der Waals surface area contributed by atoms with Gasteiger partial charge in [-0.3, -0.25) is 9.59 Å². The van der Waals surface area contributed by atoms with E-state index in [1.54, 1.807) is 6.08 Å². The molecule has 2 aromatic carbocycles. The number of piperidine rings is 1. The zero-order chi connectivity index (χ0) is 18.4. The van der Waals surface area contributed by atoms with Gasteiger partial charge in [0.1, 0.15) is 0 Å². The zero-order valence-electron chi connectivity index (χ0n) is 15.1. The van der Waals surface area contributed by atoms with Crippen molar-refractivity contribution < 1.29 is 9.59 Å². The van der Waals surface area contributed by atoms with Crippen LogP contribution in [0.4, 0.5) is 0 Å². The molecule has 2 aromatic rings. The van der Waals surface area contributed by atoms with E-state index in [4.69, 9.17) is 0 Å². The first kappa shape index (κ1) is 18.1. The highest BCUT2D eigenvalue weighted by molar-refractivity contribution is 5.98. The number of amides is 1. The first-order valence-corrected chi connectivity index (χ1v) is 9.27. The second-order valence-electron chi connectivity index (χ2n) is 6.81. The summed E-state index contributed by atoms with van der Waals surface area (Å²) >= 11 is 0. The molecule has 0 unspecified atom stereocenters. The molecule has 0 aliphatic carbocycles. The molecule has 1 fully saturated rings. The van der Waals surface area contributed by atoms with E-state index >= 15 is 0 Å². The molecule has 0 spiro atoms. The Morgan fingerprint density at radius 1 is 1.04 bits per heavy atom. The molecule has 1 heterocycles. The van der Waals surface area contributed by atoms with Crippen LogP contribution in [0, 0.1) is 5.92 Å². The molecule has 1 aliphatic rings. The number of Topliss-reactive ketones (excluding diaryl/α,β-unsaturated/α-hetero) is 1. The Bertz CT molecular complexity index is 765. The molecule has 0 N–H and O–H groups in total. The van der Waals surface area contributed by atoms with Crippen LogP contribution in [0.5, 0.6) is 0 Å². The van der Waals surface area contributed by atoms with Gasteiger partial charge in [0.05, 0.1) is 0 Å². The van der Waals surface area contributed by atoms with Gasteiger partial charge in [-0.2, -0.15) is 0 Å². The van der Waals surface area contributed by atoms with E-state index in [9.17, 15) is 9.59 Å². The van der Waals surface area contributed by atoms with Crippen LogP contribution in [0.1, 0.15) is 36.0 Å². The number of benzene rings is 2. The molecule has 0 bridgehead atoms. The molecule has 1 atom stereocenters. The van der Waals surface area contributed by atoms with Gasteiger partial charge in [-0.15, -0.1) is 6.58 Å². The van der Waals surface area contributed by atoms with E-state index in [-0.39, 0.29) is 17.6 Å². The monoisotopic (exact) mass is 347 g/mol. The molecule has 0 radical (unpaired) electrons. The molecule has 1 amide bonds. The van der Waals surface area contributed by atoms with Crippen molar-refractivity contribution in [1.29, 1.82) is 0 Å². The summed E-state index contributed by atoms with van der Waals surface area (Å²) in [7, 11) is 0. The Morgan fingerprint density at radius 2 is 1.73 bits per heavy atom. The van der Waals surface area contributed by atoms with Gasteiger partial charge >= 0.3 is 0 Å². The van der Waals surface area contributed by atoms with Crippen LogP contribution in [0.15, 0.2) is 67.3 Å². The molecule has 26 heavy (non-hydrogen) atoms. The molecule has 1 aliphatic heterocycles. The molecule has 134 valence electrons. The highest BCUT2D eigenvalue weighted by Crippen LogP contribution is 2.24. The van der Waals surface area contributed by atoms with Crippen LogP contribution in [-0.2, 0) is 4.79 Å². The highest BCUT2D eigenvalue weighted by Gasteiger charge is 2.28. The Morgan fingerprint density at radius 3 is 2.42 bits per heavy atom. The Labute approximate surface area is 155 Å². The first-order valence-electron chi connectivity index (χ1n) is 9.27. The fourth-order valence-electron chi connectivity index (χ4n) is 3.49. The third-order valence-corrected chi connectivity index (χ3v) is 4.98. The minimum absolute atomic E-state index is 0.0981. The summed E-state index contributed by atoms with van der Waals surface area (Å²) in [6, 6.07) is 17.9. The van der Waals surface area contributed by atoms with E-state index in [0.717, 1.165) is 36.1 Å². The summed E-state index contributed by atoms with van der Waals surface area (Å²) < 4.78 is 0. The Kier molecular flexibility index (Phi) is 6.00. The van der Waals surface area contributed by atoms with Gasteiger partial charge < -0.3 is 4.90 Å². The van der Waals surface area contributed by atoms with Crippen molar-refractivity contribution in [2.75, 3.05) is 13.1 Å². The topological polar surface area (TPSA) is 37.4 Å². The second-order valence-corrected chi connectivity index (χ2v) is 6.81. The molecule has 3 rings (SSSR count). The van der Waals surface area contributed by atoms with Gasteiger partial charge in [-0.1, -0.05) is 60.7 Å². The second kappa shape index (κ2) is 8.61. The number of nitrogens with zero attached hydrogens (tertiary/aromatic N) is 1. The van der Waals surface area contributed by atoms with E-state index in [0.29, 0.717) is 19.4 Å². The van der Waals surface area contributed by atoms with Crippen LogP contribution in [0.25, 0.3) is 11.1 Å². The molecule has 0 saturated carbocycles. The fraction of sp³-hybridized carbons (Fsp3) is 0.304. The predicted octanol–water partition coefficient (Wildman–Crippen LogP) is 4.74. The van der Waals surface area contributed by atoms with Gasteiger partial charge in [0.25, 0.3) is 0 Å². The maximum atomic E-state index is 12.9. The van der Waals surface area contributed by atoms with E-state index in [2.05, 4.69) is 18.7 Å². The van der Waals surface area contributed by atoms with Gasteiger partial charge in [0.2, 0.25) is 5.91 Å². The average Bonchev–Trinajstić information content (AvgIpc) is 2.72. The van der Waals surface area contributed by atoms with Crippen LogP contribution in [0.3, 0.4) is 0 Å². The van der Waals surface area contributed by atoms with Crippen molar-refractivity contribution in [3.8, 4) is 11.1 Å². The molecule has 3 nitrogen and oxygen atoms in total. The average molecular weight is 347 g/mol. The number of rotatable bonds is 6. The quantitative estimate of drug-likeness (QED) is 0.559. The third kappa shape index (κ3) is 4.29. The molecular formula is C23H25NO2. The van der Waals surface area contributed by atoms with Crippen molar-refractivity contribution in [3.63, 3.8) is 0 Å². The van der Waals surface area contributed by atoms with Crippen LogP contribution < -0.4 is 0 Å². The molecule has 1 saturated heterocycles. The summed E-state index contributed by atoms with van der Waals surface area (Å²) in [5.74, 6) is 0.173. The number of allylic oxidation sites excluding steroid dienone is 1. The van der Waals surface area contributed by atoms with Gasteiger partial charge in [0, 0.05) is 31.0 Å². The van der Waals surface area contributed by atoms with Crippen molar-refractivity contribution in [3.05, 3.63) is 72.8 Å². The number of hydrogen-bond donors (Lipinski definition) is 0. The normalized spacial score (nSPS) is 16.9. The van der Waals surface area contributed by atoms with Gasteiger partial charge in [-0.05, 0) is 30.4 Å². The van der Waals surface area contributed by atoms with E-state index in [1.165, 1.54) is 0 Å². The fourth-order valence-corrected chi connectivity index (χ4v) is 3.49. The third-order valence-electron chi connectivity index (χ3n) is 4.98. The smallest absolute Gasteiger partial charge is 0.222 e. The standard InChI is InChI=1S/C23H25NO2/c1-2-3-11-22(25)24-16-7-10-21(17-24)23(26)20-14-12-19(13-15-20)18-8-5-4-6-9-18/h2,4-6,8-9,12-15,21H,1,3,7,10-11,16-17H2/t21-/m1/s1. The maximum absolute atomic E-state index is 12.9. The number of hydrogen-bond acceptors (Lipinski definition) is 2. The minimum Gasteiger partial charge on any atom is -0.342 e. The van der Waals surface area contributed by atoms with Crippen molar-refractivity contribution in [1.82, 2.24) is 4.90 Å². The van der Waals surface area contributed by atoms with Crippen LogP contribution >= 0.6 is 0 Å². The molecule has 3 heteroatoms. The first-order chi connectivity index (χ1) is 12.7. The lowest BCUT2D eigenvalue weighted by atomic mass is 9.89.